The molecule has 0 spiro atoms. The lowest BCUT2D eigenvalue weighted by atomic mass is 10.2. The van der Waals surface area contributed by atoms with Crippen LogP contribution in [0.5, 0.6) is 5.88 Å². The lowest BCUT2D eigenvalue weighted by molar-refractivity contribution is 0.286. The van der Waals surface area contributed by atoms with Crippen molar-refractivity contribution in [3.8, 4) is 5.88 Å². The Hall–Kier alpha value is -0.880. The summed E-state index contributed by atoms with van der Waals surface area (Å²) in [5.41, 5.74) is 0.416. The summed E-state index contributed by atoms with van der Waals surface area (Å²) in [7, 11) is 0. The molecule has 2 rings (SSSR count). The summed E-state index contributed by atoms with van der Waals surface area (Å²) in [6, 6.07) is 8.06. The van der Waals surface area contributed by atoms with Gasteiger partial charge in [-0.15, -0.1) is 0 Å². The molecule has 0 unspecified atom stereocenters. The summed E-state index contributed by atoms with van der Waals surface area (Å²) in [6.07, 6.45) is 1.63. The fourth-order valence-corrected chi connectivity index (χ4v) is 1.97. The minimum atomic E-state index is -0.333. The molecule has 1 aromatic carbocycles. The van der Waals surface area contributed by atoms with Gasteiger partial charge in [0, 0.05) is 16.8 Å². The highest BCUT2D eigenvalue weighted by molar-refractivity contribution is 14.1. The first-order valence-electron chi connectivity index (χ1n) is 4.84. The molecule has 1 heterocycles. The van der Waals surface area contributed by atoms with Crippen LogP contribution >= 0.6 is 34.2 Å². The van der Waals surface area contributed by atoms with Crippen LogP contribution in [0.2, 0.25) is 5.02 Å². The Bertz CT molecular complexity index is 536. The Kier molecular flexibility index (Phi) is 4.17. The molecule has 17 heavy (non-hydrogen) atoms. The second-order valence-corrected chi connectivity index (χ2v) is 4.91. The average molecular weight is 364 g/mol. The zero-order valence-corrected chi connectivity index (χ0v) is 11.6. The number of hydrogen-bond donors (Lipinski definition) is 0. The van der Waals surface area contributed by atoms with Gasteiger partial charge in [0.2, 0.25) is 5.88 Å². The molecule has 0 aliphatic carbocycles. The highest BCUT2D eigenvalue weighted by Gasteiger charge is 2.06. The third kappa shape index (κ3) is 3.29. The van der Waals surface area contributed by atoms with Crippen molar-refractivity contribution in [3.63, 3.8) is 0 Å². The molecule has 0 aliphatic heterocycles. The lowest BCUT2D eigenvalue weighted by Gasteiger charge is -2.07. The molecule has 2 aromatic rings. The van der Waals surface area contributed by atoms with Crippen molar-refractivity contribution >= 4 is 34.2 Å². The van der Waals surface area contributed by atoms with E-state index < -0.39 is 0 Å². The third-order valence-electron chi connectivity index (χ3n) is 2.10. The van der Waals surface area contributed by atoms with E-state index in [1.807, 2.05) is 12.1 Å². The van der Waals surface area contributed by atoms with Gasteiger partial charge in [0.1, 0.15) is 12.4 Å². The van der Waals surface area contributed by atoms with Crippen molar-refractivity contribution in [2.45, 2.75) is 6.61 Å². The number of nitrogens with zero attached hydrogens (tertiary/aromatic N) is 1. The zero-order valence-electron chi connectivity index (χ0n) is 8.66. The number of pyridine rings is 1. The van der Waals surface area contributed by atoms with Gasteiger partial charge in [-0.25, -0.2) is 9.37 Å². The van der Waals surface area contributed by atoms with E-state index >= 15 is 0 Å². The van der Waals surface area contributed by atoms with Crippen molar-refractivity contribution in [2.24, 2.45) is 0 Å². The molecule has 1 aromatic heterocycles. The van der Waals surface area contributed by atoms with Crippen molar-refractivity contribution in [1.82, 2.24) is 4.98 Å². The summed E-state index contributed by atoms with van der Waals surface area (Å²) in [4.78, 5) is 4.06. The quantitative estimate of drug-likeness (QED) is 0.767. The van der Waals surface area contributed by atoms with Crippen LogP contribution in [0.3, 0.4) is 0 Å². The Morgan fingerprint density at radius 2 is 2.18 bits per heavy atom. The molecule has 2 nitrogen and oxygen atoms in total. The summed E-state index contributed by atoms with van der Waals surface area (Å²) >= 11 is 7.90. The van der Waals surface area contributed by atoms with Gasteiger partial charge in [0.15, 0.2) is 0 Å². The molecule has 5 heteroatoms. The highest BCUT2D eigenvalue weighted by Crippen LogP contribution is 2.20. The minimum absolute atomic E-state index is 0.111. The van der Waals surface area contributed by atoms with Gasteiger partial charge in [-0.1, -0.05) is 11.6 Å². The lowest BCUT2D eigenvalue weighted by Crippen LogP contribution is -2.01. The molecular weight excluding hydrogens is 355 g/mol. The monoisotopic (exact) mass is 363 g/mol. The first-order chi connectivity index (χ1) is 8.16. The van der Waals surface area contributed by atoms with Crippen LogP contribution in [0.25, 0.3) is 0 Å². The predicted octanol–water partition coefficient (Wildman–Crippen LogP) is 4.06. The van der Waals surface area contributed by atoms with Gasteiger partial charge >= 0.3 is 0 Å². The predicted molar refractivity (Wildman–Crippen MR) is 72.7 cm³/mol. The molecular formula is C12H8ClFINO. The normalized spacial score (nSPS) is 10.3. The first kappa shape index (κ1) is 12.6. The van der Waals surface area contributed by atoms with Crippen molar-refractivity contribution in [3.05, 3.63) is 56.5 Å². The van der Waals surface area contributed by atoms with Crippen molar-refractivity contribution < 1.29 is 9.13 Å². The third-order valence-corrected chi connectivity index (χ3v) is 3.15. The Morgan fingerprint density at radius 3 is 2.94 bits per heavy atom. The highest BCUT2D eigenvalue weighted by atomic mass is 127. The van der Waals surface area contributed by atoms with Gasteiger partial charge in [-0.3, -0.25) is 0 Å². The molecule has 88 valence electrons. The summed E-state index contributed by atoms with van der Waals surface area (Å²) in [5.74, 6) is 0.160. The summed E-state index contributed by atoms with van der Waals surface area (Å²) in [5, 5.41) is 0.487. The standard InChI is InChI=1S/C12H8ClFINO/c13-9-3-4-10(14)8(6-9)7-17-12-11(15)2-1-5-16-12/h1-6H,7H2. The maximum Gasteiger partial charge on any atom is 0.227 e. The van der Waals surface area contributed by atoms with Gasteiger partial charge in [-0.2, -0.15) is 0 Å². The van der Waals surface area contributed by atoms with E-state index in [0.717, 1.165) is 3.57 Å². The van der Waals surface area contributed by atoms with Crippen LogP contribution in [0.4, 0.5) is 4.39 Å². The summed E-state index contributed by atoms with van der Waals surface area (Å²) in [6.45, 7) is 0.111. The number of halogens is 3. The number of hydrogen-bond acceptors (Lipinski definition) is 2. The SMILES string of the molecule is Fc1ccc(Cl)cc1COc1ncccc1I. The van der Waals surface area contributed by atoms with Crippen molar-refractivity contribution in [2.75, 3.05) is 0 Å². The zero-order chi connectivity index (χ0) is 12.3. The molecule has 0 atom stereocenters. The van der Waals surface area contributed by atoms with E-state index in [9.17, 15) is 4.39 Å². The number of rotatable bonds is 3. The second-order valence-electron chi connectivity index (χ2n) is 3.31. The minimum Gasteiger partial charge on any atom is -0.472 e. The molecule has 0 saturated heterocycles. The Balaban J connectivity index is 2.12. The number of benzene rings is 1. The average Bonchev–Trinajstić information content (AvgIpc) is 2.32. The first-order valence-corrected chi connectivity index (χ1v) is 6.30. The van der Waals surface area contributed by atoms with Crippen LogP contribution in [0, 0.1) is 9.39 Å². The molecule has 0 N–H and O–H groups in total. The second kappa shape index (κ2) is 5.64. The molecule has 0 amide bonds. The Morgan fingerprint density at radius 1 is 1.35 bits per heavy atom. The maximum atomic E-state index is 13.4. The maximum absolute atomic E-state index is 13.4. The van der Waals surface area contributed by atoms with Crippen LogP contribution in [-0.4, -0.2) is 4.98 Å². The van der Waals surface area contributed by atoms with E-state index in [1.165, 1.54) is 12.1 Å². The van der Waals surface area contributed by atoms with E-state index in [1.54, 1.807) is 12.3 Å². The van der Waals surface area contributed by atoms with Crippen molar-refractivity contribution in [1.29, 1.82) is 0 Å². The van der Waals surface area contributed by atoms with Crippen LogP contribution in [0.1, 0.15) is 5.56 Å². The molecule has 0 fully saturated rings. The number of aromatic nitrogens is 1. The fourth-order valence-electron chi connectivity index (χ4n) is 1.28. The van der Waals surface area contributed by atoms with Crippen LogP contribution in [-0.2, 0) is 6.61 Å². The van der Waals surface area contributed by atoms with E-state index in [2.05, 4.69) is 27.6 Å². The van der Waals surface area contributed by atoms with Gasteiger partial charge in [0.25, 0.3) is 0 Å². The van der Waals surface area contributed by atoms with E-state index in [0.29, 0.717) is 16.5 Å². The molecule has 0 aliphatic rings. The largest absolute Gasteiger partial charge is 0.472 e. The van der Waals surface area contributed by atoms with Gasteiger partial charge < -0.3 is 4.74 Å². The smallest absolute Gasteiger partial charge is 0.227 e. The fraction of sp³-hybridized carbons (Fsp3) is 0.0833. The van der Waals surface area contributed by atoms with E-state index in [4.69, 9.17) is 16.3 Å². The number of ether oxygens (including phenoxy) is 1. The molecule has 0 radical (unpaired) electrons. The van der Waals surface area contributed by atoms with Gasteiger partial charge in [0.05, 0.1) is 3.57 Å². The molecule has 0 saturated carbocycles. The van der Waals surface area contributed by atoms with Gasteiger partial charge in [-0.05, 0) is 52.9 Å². The summed E-state index contributed by atoms with van der Waals surface area (Å²) < 4.78 is 19.7. The van der Waals surface area contributed by atoms with E-state index in [-0.39, 0.29) is 12.4 Å². The van der Waals surface area contributed by atoms with Crippen LogP contribution in [0.15, 0.2) is 36.5 Å². The topological polar surface area (TPSA) is 22.1 Å². The van der Waals surface area contributed by atoms with Crippen LogP contribution < -0.4 is 4.74 Å². The Labute approximate surface area is 117 Å². The molecule has 0 bridgehead atoms.